The number of allylic oxidation sites excluding steroid dienone is 1. The zero-order chi connectivity index (χ0) is 10.7. The van der Waals surface area contributed by atoms with E-state index >= 15 is 0 Å². The normalized spacial score (nSPS) is 11.2. The minimum absolute atomic E-state index is 0.166. The van der Waals surface area contributed by atoms with Gasteiger partial charge < -0.3 is 0 Å². The largest absolute Gasteiger partial charge is 0.206 e. The van der Waals surface area contributed by atoms with Gasteiger partial charge in [0.25, 0.3) is 0 Å². The molecule has 14 heavy (non-hydrogen) atoms. The van der Waals surface area contributed by atoms with Crippen molar-refractivity contribution in [3.63, 3.8) is 0 Å². The van der Waals surface area contributed by atoms with E-state index < -0.39 is 11.6 Å². The number of nitriles is 1. The highest BCUT2D eigenvalue weighted by molar-refractivity contribution is 6.49. The summed E-state index contributed by atoms with van der Waals surface area (Å²) in [6.45, 7) is 0. The lowest BCUT2D eigenvalue weighted by Crippen LogP contribution is -1.88. The van der Waals surface area contributed by atoms with E-state index in [0.29, 0.717) is 0 Å². The molecule has 0 aliphatic carbocycles. The van der Waals surface area contributed by atoms with Gasteiger partial charge in [0.15, 0.2) is 0 Å². The van der Waals surface area contributed by atoms with E-state index in [4.69, 9.17) is 28.5 Å². The Kier molecular flexibility index (Phi) is 3.45. The van der Waals surface area contributed by atoms with Crippen LogP contribution in [0.15, 0.2) is 18.2 Å². The fraction of sp³-hybridized carbons (Fsp3) is 0. The minimum atomic E-state index is -0.785. The van der Waals surface area contributed by atoms with Gasteiger partial charge in [0.05, 0.1) is 16.1 Å². The number of rotatable bonds is 1. The molecular weight excluding hydrogens is 231 g/mol. The molecule has 1 nitrogen and oxygen atoms in total. The van der Waals surface area contributed by atoms with Crippen LogP contribution in [0.3, 0.4) is 0 Å². The smallest absolute Gasteiger partial charge is 0.142 e. The molecule has 1 rings (SSSR count). The zero-order valence-electron chi connectivity index (χ0n) is 6.69. The minimum Gasteiger partial charge on any atom is -0.206 e. The van der Waals surface area contributed by atoms with E-state index in [-0.39, 0.29) is 15.6 Å². The summed E-state index contributed by atoms with van der Waals surface area (Å²) in [6.07, 6.45) is 0.910. The van der Waals surface area contributed by atoms with Crippen molar-refractivity contribution >= 4 is 28.2 Å². The number of halogens is 4. The first-order valence-corrected chi connectivity index (χ1v) is 4.22. The number of hydrogen-bond donors (Lipinski definition) is 0. The third-order valence-electron chi connectivity index (χ3n) is 1.46. The second kappa shape index (κ2) is 4.41. The summed E-state index contributed by atoms with van der Waals surface area (Å²) < 4.78 is 26.0. The molecule has 0 heterocycles. The lowest BCUT2D eigenvalue weighted by atomic mass is 10.2. The van der Waals surface area contributed by atoms with E-state index in [0.717, 1.165) is 18.2 Å². The van der Waals surface area contributed by atoms with Crippen molar-refractivity contribution in [3.8, 4) is 6.07 Å². The first kappa shape index (κ1) is 11.0. The maximum atomic E-state index is 13.1. The maximum Gasteiger partial charge on any atom is 0.142 e. The number of benzene rings is 1. The molecule has 0 spiro atoms. The fourth-order valence-electron chi connectivity index (χ4n) is 0.840. The van der Waals surface area contributed by atoms with E-state index in [1.807, 2.05) is 0 Å². The molecule has 0 aliphatic rings. The summed E-state index contributed by atoms with van der Waals surface area (Å²) in [5.74, 6) is -1.56. The molecule has 72 valence electrons. The number of hydrogen-bond acceptors (Lipinski definition) is 1. The second-order valence-corrected chi connectivity index (χ2v) is 3.18. The zero-order valence-corrected chi connectivity index (χ0v) is 8.20. The van der Waals surface area contributed by atoms with Crippen LogP contribution in [0.4, 0.5) is 8.78 Å². The maximum absolute atomic E-state index is 13.1. The van der Waals surface area contributed by atoms with Crippen LogP contribution in [-0.2, 0) is 0 Å². The lowest BCUT2D eigenvalue weighted by molar-refractivity contribution is 0.598. The first-order chi connectivity index (χ1) is 6.56. The average molecular weight is 234 g/mol. The summed E-state index contributed by atoms with van der Waals surface area (Å²) in [7, 11) is 0. The lowest BCUT2D eigenvalue weighted by Gasteiger charge is -2.01. The van der Waals surface area contributed by atoms with Crippen LogP contribution in [0.2, 0.25) is 5.02 Å². The van der Waals surface area contributed by atoms with E-state index in [2.05, 4.69) is 0 Å². The highest BCUT2D eigenvalue weighted by Gasteiger charge is 2.10. The molecule has 0 N–H and O–H groups in total. The highest BCUT2D eigenvalue weighted by atomic mass is 35.5. The molecule has 0 radical (unpaired) electrons. The van der Waals surface area contributed by atoms with E-state index in [9.17, 15) is 8.78 Å². The van der Waals surface area contributed by atoms with Crippen molar-refractivity contribution in [3.05, 3.63) is 40.4 Å². The summed E-state index contributed by atoms with van der Waals surface area (Å²) in [5, 5.41) is 7.77. The molecule has 0 unspecified atom stereocenters. The van der Waals surface area contributed by atoms with Crippen LogP contribution in [0.25, 0.3) is 5.03 Å². The van der Waals surface area contributed by atoms with Crippen LogP contribution in [0.5, 0.6) is 0 Å². The average Bonchev–Trinajstić information content (AvgIpc) is 2.11. The third kappa shape index (κ3) is 2.22. The molecule has 0 atom stereocenters. The Balaban J connectivity index is 3.31. The molecular formula is C9H3Cl2F2N. The van der Waals surface area contributed by atoms with Gasteiger partial charge in [0, 0.05) is 11.6 Å². The highest BCUT2D eigenvalue weighted by Crippen LogP contribution is 2.26. The molecule has 0 bridgehead atoms. The van der Waals surface area contributed by atoms with Crippen molar-refractivity contribution in [2.75, 3.05) is 0 Å². The summed E-state index contributed by atoms with van der Waals surface area (Å²) in [6, 6.07) is 3.26. The summed E-state index contributed by atoms with van der Waals surface area (Å²) >= 11 is 10.8. The predicted molar refractivity (Wildman–Crippen MR) is 50.8 cm³/mol. The Bertz CT molecular complexity index is 435. The van der Waals surface area contributed by atoms with Crippen molar-refractivity contribution in [2.24, 2.45) is 0 Å². The van der Waals surface area contributed by atoms with Crippen LogP contribution < -0.4 is 0 Å². The van der Waals surface area contributed by atoms with Crippen LogP contribution in [0.1, 0.15) is 5.56 Å². The van der Waals surface area contributed by atoms with Crippen molar-refractivity contribution in [1.29, 1.82) is 5.26 Å². The van der Waals surface area contributed by atoms with E-state index in [1.165, 1.54) is 0 Å². The van der Waals surface area contributed by atoms with Gasteiger partial charge in [0.1, 0.15) is 11.6 Å². The van der Waals surface area contributed by atoms with Crippen LogP contribution in [0, 0.1) is 23.0 Å². The monoisotopic (exact) mass is 233 g/mol. The fourth-order valence-corrected chi connectivity index (χ4v) is 1.18. The molecule has 0 saturated heterocycles. The van der Waals surface area contributed by atoms with Gasteiger partial charge >= 0.3 is 0 Å². The van der Waals surface area contributed by atoms with Gasteiger partial charge in [-0.25, -0.2) is 8.78 Å². The Hall–Kier alpha value is -1.11. The molecule has 0 aliphatic heterocycles. The molecule has 5 heteroatoms. The Morgan fingerprint density at radius 2 is 2.00 bits per heavy atom. The molecule has 0 amide bonds. The molecule has 1 aromatic carbocycles. The third-order valence-corrected chi connectivity index (χ3v) is 2.06. The topological polar surface area (TPSA) is 23.8 Å². The van der Waals surface area contributed by atoms with Crippen molar-refractivity contribution in [1.82, 2.24) is 0 Å². The molecule has 0 aromatic heterocycles. The van der Waals surface area contributed by atoms with Gasteiger partial charge in [-0.05, 0) is 12.1 Å². The van der Waals surface area contributed by atoms with E-state index in [1.54, 1.807) is 6.07 Å². The molecule has 0 fully saturated rings. The van der Waals surface area contributed by atoms with Crippen molar-refractivity contribution in [2.45, 2.75) is 0 Å². The second-order valence-electron chi connectivity index (χ2n) is 2.37. The van der Waals surface area contributed by atoms with Gasteiger partial charge in [-0.1, -0.05) is 23.2 Å². The standard InChI is InChI=1S/C9H3Cl2F2N/c10-6(1-2-14)5-3-9(13)7(11)4-8(5)12/h1,3-4H/b6-1-. The summed E-state index contributed by atoms with van der Waals surface area (Å²) in [4.78, 5) is 0. The molecule has 1 aromatic rings. The Morgan fingerprint density at radius 1 is 1.36 bits per heavy atom. The summed E-state index contributed by atoms with van der Waals surface area (Å²) in [5.41, 5.74) is -0.185. The number of nitrogens with zero attached hydrogens (tertiary/aromatic N) is 1. The van der Waals surface area contributed by atoms with Crippen molar-refractivity contribution < 1.29 is 8.78 Å². The predicted octanol–water partition coefficient (Wildman–Crippen LogP) is 3.72. The van der Waals surface area contributed by atoms with Gasteiger partial charge in [-0.3, -0.25) is 0 Å². The van der Waals surface area contributed by atoms with Crippen LogP contribution in [-0.4, -0.2) is 0 Å². The van der Waals surface area contributed by atoms with Gasteiger partial charge in [-0.15, -0.1) is 0 Å². The quantitative estimate of drug-likeness (QED) is 0.536. The molecule has 0 saturated carbocycles. The van der Waals surface area contributed by atoms with Crippen LogP contribution >= 0.6 is 23.2 Å². The Morgan fingerprint density at radius 3 is 2.57 bits per heavy atom. The van der Waals surface area contributed by atoms with Gasteiger partial charge in [0.2, 0.25) is 0 Å². The van der Waals surface area contributed by atoms with Gasteiger partial charge in [-0.2, -0.15) is 5.26 Å². The first-order valence-electron chi connectivity index (χ1n) is 3.46. The SMILES string of the molecule is N#C/C=C(\Cl)c1cc(F)c(Cl)cc1F. The Labute approximate surface area is 89.2 Å².